The van der Waals surface area contributed by atoms with Crippen molar-refractivity contribution < 1.29 is 9.63 Å². The number of anilines is 1. The van der Waals surface area contributed by atoms with Crippen LogP contribution in [-0.2, 0) is 16.1 Å². The first-order valence-corrected chi connectivity index (χ1v) is 6.51. The van der Waals surface area contributed by atoms with Gasteiger partial charge in [-0.05, 0) is 44.9 Å². The SMILES string of the molecule is CN(C)c1ccc(CCC(=O)NOC(C)(C)C)cc1. The molecule has 0 heterocycles. The highest BCUT2D eigenvalue weighted by Gasteiger charge is 2.12. The number of nitrogens with zero attached hydrogens (tertiary/aromatic N) is 1. The van der Waals surface area contributed by atoms with Crippen LogP contribution < -0.4 is 10.4 Å². The smallest absolute Gasteiger partial charge is 0.243 e. The highest BCUT2D eigenvalue weighted by molar-refractivity contribution is 5.75. The van der Waals surface area contributed by atoms with E-state index in [1.165, 1.54) is 0 Å². The van der Waals surface area contributed by atoms with Crippen molar-refractivity contribution in [2.75, 3.05) is 19.0 Å². The molecular weight excluding hydrogens is 240 g/mol. The van der Waals surface area contributed by atoms with Crippen molar-refractivity contribution >= 4 is 11.6 Å². The molecule has 1 rings (SSSR count). The average Bonchev–Trinajstić information content (AvgIpc) is 2.33. The van der Waals surface area contributed by atoms with E-state index in [2.05, 4.69) is 17.6 Å². The number of nitrogens with one attached hydrogen (secondary N) is 1. The van der Waals surface area contributed by atoms with Crippen LogP contribution in [0.25, 0.3) is 0 Å². The number of hydroxylamine groups is 1. The Hall–Kier alpha value is -1.55. The number of amides is 1. The van der Waals surface area contributed by atoms with Gasteiger partial charge in [-0.1, -0.05) is 12.1 Å². The molecule has 0 saturated carbocycles. The number of carbonyl (C=O) groups excluding carboxylic acids is 1. The summed E-state index contributed by atoms with van der Waals surface area (Å²) < 4.78 is 0. The van der Waals surface area contributed by atoms with Crippen molar-refractivity contribution in [3.05, 3.63) is 29.8 Å². The normalized spacial score (nSPS) is 11.2. The molecule has 0 aliphatic rings. The molecule has 0 fully saturated rings. The lowest BCUT2D eigenvalue weighted by Crippen LogP contribution is -2.33. The Kier molecular flexibility index (Phi) is 5.36. The minimum Gasteiger partial charge on any atom is -0.378 e. The molecule has 1 aromatic carbocycles. The molecule has 4 heteroatoms. The maximum absolute atomic E-state index is 11.6. The van der Waals surface area contributed by atoms with Crippen molar-refractivity contribution in [3.63, 3.8) is 0 Å². The van der Waals surface area contributed by atoms with Gasteiger partial charge >= 0.3 is 0 Å². The molecule has 0 bridgehead atoms. The predicted octanol–water partition coefficient (Wildman–Crippen LogP) is 2.53. The molecule has 0 saturated heterocycles. The third-order valence-electron chi connectivity index (χ3n) is 2.56. The first-order valence-electron chi connectivity index (χ1n) is 6.51. The zero-order chi connectivity index (χ0) is 14.5. The van der Waals surface area contributed by atoms with Gasteiger partial charge in [0.2, 0.25) is 5.91 Å². The summed E-state index contributed by atoms with van der Waals surface area (Å²) in [5.74, 6) is -0.0911. The van der Waals surface area contributed by atoms with Crippen LogP contribution in [0, 0.1) is 0 Å². The first-order chi connectivity index (χ1) is 8.78. The Morgan fingerprint density at radius 2 is 1.79 bits per heavy atom. The molecule has 1 N–H and O–H groups in total. The van der Waals surface area contributed by atoms with Gasteiger partial charge in [-0.15, -0.1) is 0 Å². The Morgan fingerprint density at radius 1 is 1.21 bits per heavy atom. The van der Waals surface area contributed by atoms with E-state index in [4.69, 9.17) is 4.84 Å². The van der Waals surface area contributed by atoms with Gasteiger partial charge in [-0.3, -0.25) is 9.63 Å². The number of hydrogen-bond donors (Lipinski definition) is 1. The topological polar surface area (TPSA) is 41.6 Å². The molecule has 106 valence electrons. The number of benzene rings is 1. The van der Waals surface area contributed by atoms with E-state index >= 15 is 0 Å². The Labute approximate surface area is 115 Å². The van der Waals surface area contributed by atoms with E-state index in [1.807, 2.05) is 51.9 Å². The summed E-state index contributed by atoms with van der Waals surface area (Å²) in [6.45, 7) is 5.69. The lowest BCUT2D eigenvalue weighted by atomic mass is 10.1. The van der Waals surface area contributed by atoms with Gasteiger partial charge < -0.3 is 4.90 Å². The Bertz CT molecular complexity index is 405. The van der Waals surface area contributed by atoms with Gasteiger partial charge in [0, 0.05) is 26.2 Å². The molecule has 0 radical (unpaired) electrons. The molecule has 0 aliphatic heterocycles. The zero-order valence-electron chi connectivity index (χ0n) is 12.5. The van der Waals surface area contributed by atoms with Crippen LogP contribution >= 0.6 is 0 Å². The Morgan fingerprint density at radius 3 is 2.26 bits per heavy atom. The fraction of sp³-hybridized carbons (Fsp3) is 0.533. The maximum atomic E-state index is 11.6. The van der Waals surface area contributed by atoms with Gasteiger partial charge in [0.05, 0.1) is 5.60 Å². The van der Waals surface area contributed by atoms with Crippen LogP contribution in [0.3, 0.4) is 0 Å². The average molecular weight is 264 g/mol. The monoisotopic (exact) mass is 264 g/mol. The molecule has 19 heavy (non-hydrogen) atoms. The number of aryl methyl sites for hydroxylation is 1. The van der Waals surface area contributed by atoms with Crippen molar-refractivity contribution in [1.29, 1.82) is 0 Å². The number of carbonyl (C=O) groups is 1. The lowest BCUT2D eigenvalue weighted by Gasteiger charge is -2.18. The quantitative estimate of drug-likeness (QED) is 0.831. The molecule has 1 amide bonds. The second kappa shape index (κ2) is 6.57. The minimum absolute atomic E-state index is 0.0911. The number of hydrogen-bond acceptors (Lipinski definition) is 3. The largest absolute Gasteiger partial charge is 0.378 e. The summed E-state index contributed by atoms with van der Waals surface area (Å²) in [5, 5.41) is 0. The van der Waals surface area contributed by atoms with Crippen LogP contribution in [0.5, 0.6) is 0 Å². The summed E-state index contributed by atoms with van der Waals surface area (Å²) in [7, 11) is 4.01. The maximum Gasteiger partial charge on any atom is 0.243 e. The summed E-state index contributed by atoms with van der Waals surface area (Å²) in [6.07, 6.45) is 1.14. The van der Waals surface area contributed by atoms with Gasteiger partial charge in [0.1, 0.15) is 0 Å². The summed E-state index contributed by atoms with van der Waals surface area (Å²) in [6, 6.07) is 8.21. The molecule has 0 atom stereocenters. The minimum atomic E-state index is -0.358. The van der Waals surface area contributed by atoms with Crippen molar-refractivity contribution in [1.82, 2.24) is 5.48 Å². The highest BCUT2D eigenvalue weighted by atomic mass is 16.7. The summed E-state index contributed by atoms with van der Waals surface area (Å²) in [5.41, 5.74) is 4.42. The standard InChI is InChI=1S/C15H24N2O2/c1-15(2,3)19-16-14(18)11-8-12-6-9-13(10-7-12)17(4)5/h6-7,9-10H,8,11H2,1-5H3,(H,16,18). The van der Waals surface area contributed by atoms with Gasteiger partial charge in [-0.25, -0.2) is 5.48 Å². The zero-order valence-corrected chi connectivity index (χ0v) is 12.5. The van der Waals surface area contributed by atoms with E-state index in [-0.39, 0.29) is 11.5 Å². The van der Waals surface area contributed by atoms with Crippen LogP contribution in [0.1, 0.15) is 32.8 Å². The lowest BCUT2D eigenvalue weighted by molar-refractivity contribution is -0.145. The molecule has 1 aromatic rings. The third-order valence-corrected chi connectivity index (χ3v) is 2.56. The summed E-state index contributed by atoms with van der Waals surface area (Å²) in [4.78, 5) is 18.9. The summed E-state index contributed by atoms with van der Waals surface area (Å²) >= 11 is 0. The van der Waals surface area contributed by atoms with Crippen molar-refractivity contribution in [2.24, 2.45) is 0 Å². The molecule has 0 aliphatic carbocycles. The van der Waals surface area contributed by atoms with Gasteiger partial charge in [0.25, 0.3) is 0 Å². The van der Waals surface area contributed by atoms with Gasteiger partial charge in [0.15, 0.2) is 0 Å². The van der Waals surface area contributed by atoms with Crippen LogP contribution in [0.15, 0.2) is 24.3 Å². The molecular formula is C15H24N2O2. The highest BCUT2D eigenvalue weighted by Crippen LogP contribution is 2.13. The van der Waals surface area contributed by atoms with E-state index in [1.54, 1.807) is 0 Å². The second-order valence-corrected chi connectivity index (χ2v) is 5.80. The first kappa shape index (κ1) is 15.5. The van der Waals surface area contributed by atoms with Crippen molar-refractivity contribution in [3.8, 4) is 0 Å². The molecule has 4 nitrogen and oxygen atoms in total. The van der Waals surface area contributed by atoms with E-state index in [0.29, 0.717) is 12.8 Å². The van der Waals surface area contributed by atoms with E-state index in [9.17, 15) is 4.79 Å². The second-order valence-electron chi connectivity index (χ2n) is 5.80. The molecule has 0 unspecified atom stereocenters. The van der Waals surface area contributed by atoms with E-state index < -0.39 is 0 Å². The van der Waals surface area contributed by atoms with Crippen LogP contribution in [0.4, 0.5) is 5.69 Å². The third kappa shape index (κ3) is 6.25. The van der Waals surface area contributed by atoms with Crippen LogP contribution in [0.2, 0.25) is 0 Å². The van der Waals surface area contributed by atoms with Crippen molar-refractivity contribution in [2.45, 2.75) is 39.2 Å². The fourth-order valence-electron chi connectivity index (χ4n) is 1.48. The predicted molar refractivity (Wildman–Crippen MR) is 78.1 cm³/mol. The fourth-order valence-corrected chi connectivity index (χ4v) is 1.48. The van der Waals surface area contributed by atoms with Gasteiger partial charge in [-0.2, -0.15) is 0 Å². The van der Waals surface area contributed by atoms with E-state index in [0.717, 1.165) is 11.3 Å². The molecule has 0 aromatic heterocycles. The Balaban J connectivity index is 2.38. The number of rotatable bonds is 5. The van der Waals surface area contributed by atoms with Crippen LogP contribution in [-0.4, -0.2) is 25.6 Å². The molecule has 0 spiro atoms.